The highest BCUT2D eigenvalue weighted by Gasteiger charge is 2.54. The molecule has 2 aliphatic carbocycles. The zero-order valence-electron chi connectivity index (χ0n) is 13.1. The Morgan fingerprint density at radius 3 is 2.62 bits per heavy atom. The first-order valence-corrected chi connectivity index (χ1v) is 7.89. The summed E-state index contributed by atoms with van der Waals surface area (Å²) in [5.41, 5.74) is -0.0839. The fourth-order valence-electron chi connectivity index (χ4n) is 4.48. The van der Waals surface area contributed by atoms with Gasteiger partial charge >= 0.3 is 0 Å². The van der Waals surface area contributed by atoms with Gasteiger partial charge in [-0.15, -0.1) is 0 Å². The SMILES string of the molecule is CC1(C)C(O)C(C#N)=C[C@]2(C)CN(C(=O)C3CC3)CC[C@@H]12. The Hall–Kier alpha value is -1.34. The maximum absolute atomic E-state index is 12.3. The molecule has 0 spiro atoms. The van der Waals surface area contributed by atoms with E-state index < -0.39 is 6.10 Å². The van der Waals surface area contributed by atoms with Gasteiger partial charge in [-0.05, 0) is 30.6 Å². The number of aliphatic hydroxyl groups excluding tert-OH is 1. The Morgan fingerprint density at radius 1 is 1.38 bits per heavy atom. The van der Waals surface area contributed by atoms with Gasteiger partial charge in [-0.25, -0.2) is 0 Å². The maximum atomic E-state index is 12.3. The van der Waals surface area contributed by atoms with E-state index in [1.54, 1.807) is 0 Å². The highest BCUT2D eigenvalue weighted by atomic mass is 16.3. The minimum atomic E-state index is -0.703. The van der Waals surface area contributed by atoms with Gasteiger partial charge in [0.05, 0.1) is 17.7 Å². The molecule has 1 saturated heterocycles. The molecule has 1 unspecified atom stereocenters. The second-order valence-corrected chi connectivity index (χ2v) is 7.82. The number of aliphatic hydroxyl groups is 1. The first-order valence-electron chi connectivity index (χ1n) is 7.89. The third-order valence-electron chi connectivity index (χ3n) is 5.77. The van der Waals surface area contributed by atoms with Crippen molar-refractivity contribution in [1.29, 1.82) is 5.26 Å². The largest absolute Gasteiger partial charge is 0.387 e. The molecule has 0 aromatic carbocycles. The number of carbonyl (C=O) groups excluding carboxylic acids is 1. The minimum absolute atomic E-state index is 0.212. The molecule has 1 aliphatic heterocycles. The lowest BCUT2D eigenvalue weighted by Crippen LogP contribution is -2.58. The van der Waals surface area contributed by atoms with E-state index in [1.165, 1.54) is 0 Å². The maximum Gasteiger partial charge on any atom is 0.225 e. The number of carbonyl (C=O) groups is 1. The highest BCUT2D eigenvalue weighted by Crippen LogP contribution is 2.53. The summed E-state index contributed by atoms with van der Waals surface area (Å²) in [6.45, 7) is 7.68. The molecule has 4 heteroatoms. The third kappa shape index (κ3) is 2.19. The zero-order chi connectivity index (χ0) is 15.4. The molecule has 0 aromatic rings. The molecule has 114 valence electrons. The van der Waals surface area contributed by atoms with E-state index in [0.717, 1.165) is 25.8 Å². The van der Waals surface area contributed by atoms with Crippen molar-refractivity contribution in [2.45, 2.75) is 46.1 Å². The molecule has 0 bridgehead atoms. The second-order valence-electron chi connectivity index (χ2n) is 7.82. The van der Waals surface area contributed by atoms with Crippen LogP contribution in [0.3, 0.4) is 0 Å². The Bertz CT molecular complexity index is 541. The predicted octanol–water partition coefficient (Wildman–Crippen LogP) is 2.10. The van der Waals surface area contributed by atoms with Gasteiger partial charge in [0.25, 0.3) is 0 Å². The number of rotatable bonds is 1. The zero-order valence-corrected chi connectivity index (χ0v) is 13.1. The van der Waals surface area contributed by atoms with Crippen LogP contribution in [0.4, 0.5) is 0 Å². The topological polar surface area (TPSA) is 64.3 Å². The van der Waals surface area contributed by atoms with Crippen LogP contribution in [0.5, 0.6) is 0 Å². The van der Waals surface area contributed by atoms with Crippen LogP contribution in [-0.4, -0.2) is 35.1 Å². The average molecular weight is 288 g/mol. The number of nitrogens with zero attached hydrogens (tertiary/aromatic N) is 2. The first-order chi connectivity index (χ1) is 9.79. The molecular weight excluding hydrogens is 264 g/mol. The Kier molecular flexibility index (Phi) is 3.18. The van der Waals surface area contributed by atoms with E-state index in [9.17, 15) is 15.2 Å². The summed E-state index contributed by atoms with van der Waals surface area (Å²) in [7, 11) is 0. The summed E-state index contributed by atoms with van der Waals surface area (Å²) in [5, 5.41) is 19.8. The molecule has 21 heavy (non-hydrogen) atoms. The van der Waals surface area contributed by atoms with Crippen molar-refractivity contribution in [2.24, 2.45) is 22.7 Å². The van der Waals surface area contributed by atoms with Gasteiger partial charge in [0.1, 0.15) is 0 Å². The highest BCUT2D eigenvalue weighted by molar-refractivity contribution is 5.81. The monoisotopic (exact) mass is 288 g/mol. The minimum Gasteiger partial charge on any atom is -0.387 e. The van der Waals surface area contributed by atoms with Crippen molar-refractivity contribution in [3.63, 3.8) is 0 Å². The molecule has 4 nitrogen and oxygen atoms in total. The average Bonchev–Trinajstić information content (AvgIpc) is 3.26. The number of hydrogen-bond acceptors (Lipinski definition) is 3. The molecule has 1 amide bonds. The van der Waals surface area contributed by atoms with Gasteiger partial charge in [0.2, 0.25) is 5.91 Å². The van der Waals surface area contributed by atoms with E-state index in [1.807, 2.05) is 24.8 Å². The van der Waals surface area contributed by atoms with Crippen molar-refractivity contribution >= 4 is 5.91 Å². The summed E-state index contributed by atoms with van der Waals surface area (Å²) in [5.74, 6) is 0.817. The Labute approximate surface area is 126 Å². The van der Waals surface area contributed by atoms with Crippen LogP contribution in [-0.2, 0) is 4.79 Å². The van der Waals surface area contributed by atoms with E-state index in [2.05, 4.69) is 13.0 Å². The summed E-state index contributed by atoms with van der Waals surface area (Å²) >= 11 is 0. The van der Waals surface area contributed by atoms with Gasteiger partial charge in [-0.1, -0.05) is 26.8 Å². The van der Waals surface area contributed by atoms with Gasteiger partial charge < -0.3 is 10.0 Å². The van der Waals surface area contributed by atoms with Gasteiger partial charge in [-0.2, -0.15) is 5.26 Å². The van der Waals surface area contributed by atoms with Gasteiger partial charge in [0.15, 0.2) is 0 Å². The summed E-state index contributed by atoms with van der Waals surface area (Å²) in [6.07, 6.45) is 4.18. The Balaban J connectivity index is 1.92. The van der Waals surface area contributed by atoms with E-state index in [-0.39, 0.29) is 22.7 Å². The number of piperidine rings is 1. The third-order valence-corrected chi connectivity index (χ3v) is 5.77. The standard InChI is InChI=1S/C17H24N2O2/c1-16(2)13-6-7-19(15(21)11-4-5-11)10-17(13,3)8-12(9-18)14(16)20/h8,11,13-14,20H,4-7,10H2,1-3H3/t13-,14?,17+/m0/s1. The fraction of sp³-hybridized carbons (Fsp3) is 0.765. The van der Waals surface area contributed by atoms with Crippen molar-refractivity contribution < 1.29 is 9.90 Å². The molecule has 1 saturated carbocycles. The van der Waals surface area contributed by atoms with E-state index in [4.69, 9.17) is 0 Å². The van der Waals surface area contributed by atoms with Crippen LogP contribution in [0.2, 0.25) is 0 Å². The number of fused-ring (bicyclic) bond motifs is 1. The van der Waals surface area contributed by atoms with Crippen LogP contribution in [0.25, 0.3) is 0 Å². The molecule has 1 heterocycles. The lowest BCUT2D eigenvalue weighted by Gasteiger charge is -2.55. The van der Waals surface area contributed by atoms with Crippen LogP contribution in [0, 0.1) is 34.0 Å². The summed E-state index contributed by atoms with van der Waals surface area (Å²) in [6, 6.07) is 2.15. The van der Waals surface area contributed by atoms with Crippen molar-refractivity contribution in [3.8, 4) is 6.07 Å². The smallest absolute Gasteiger partial charge is 0.225 e. The van der Waals surface area contributed by atoms with Crippen LogP contribution in [0.15, 0.2) is 11.6 Å². The molecule has 3 aliphatic rings. The van der Waals surface area contributed by atoms with Crippen molar-refractivity contribution in [1.82, 2.24) is 4.90 Å². The molecular formula is C17H24N2O2. The number of likely N-dealkylation sites (tertiary alicyclic amines) is 1. The normalized spacial score (nSPS) is 38.2. The molecule has 0 radical (unpaired) electrons. The second kappa shape index (κ2) is 4.58. The molecule has 2 fully saturated rings. The summed E-state index contributed by atoms with van der Waals surface area (Å²) < 4.78 is 0. The van der Waals surface area contributed by atoms with Gasteiger partial charge in [-0.3, -0.25) is 4.79 Å². The Morgan fingerprint density at radius 2 is 2.05 bits per heavy atom. The van der Waals surface area contributed by atoms with Crippen LogP contribution < -0.4 is 0 Å². The fourth-order valence-corrected chi connectivity index (χ4v) is 4.48. The number of hydrogen-bond donors (Lipinski definition) is 1. The first kappa shape index (κ1) is 14.6. The van der Waals surface area contributed by atoms with Crippen molar-refractivity contribution in [2.75, 3.05) is 13.1 Å². The number of nitriles is 1. The molecule has 3 rings (SSSR count). The predicted molar refractivity (Wildman–Crippen MR) is 79.0 cm³/mol. The van der Waals surface area contributed by atoms with Gasteiger partial charge in [0, 0.05) is 24.4 Å². The lowest BCUT2D eigenvalue weighted by molar-refractivity contribution is -0.140. The van der Waals surface area contributed by atoms with Crippen LogP contribution >= 0.6 is 0 Å². The number of amides is 1. The van der Waals surface area contributed by atoms with Crippen molar-refractivity contribution in [3.05, 3.63) is 11.6 Å². The van der Waals surface area contributed by atoms with E-state index >= 15 is 0 Å². The molecule has 3 atom stereocenters. The molecule has 1 N–H and O–H groups in total. The van der Waals surface area contributed by atoms with Crippen LogP contribution in [0.1, 0.15) is 40.0 Å². The van der Waals surface area contributed by atoms with E-state index in [0.29, 0.717) is 18.0 Å². The molecule has 0 aromatic heterocycles. The summed E-state index contributed by atoms with van der Waals surface area (Å²) in [4.78, 5) is 14.3. The quantitative estimate of drug-likeness (QED) is 0.803. The lowest BCUT2D eigenvalue weighted by atomic mass is 9.54.